The Labute approximate surface area is 59.4 Å². The lowest BCUT2D eigenvalue weighted by Crippen LogP contribution is -2.00. The number of thioether (sulfide) groups is 1. The van der Waals surface area contributed by atoms with Crippen molar-refractivity contribution in [3.63, 3.8) is 0 Å². The molecule has 0 rings (SSSR count). The monoisotopic (exact) mass is 170 g/mol. The molecule has 0 radical (unpaired) electrons. The molecule has 5 heteroatoms. The van der Waals surface area contributed by atoms with Crippen LogP contribution in [0.15, 0.2) is 0 Å². The number of aliphatic hydroxyl groups excluding tert-OH is 1. The Hall–Kier alpha value is 0.260. The molecule has 0 aromatic carbocycles. The summed E-state index contributed by atoms with van der Waals surface area (Å²) in [7, 11) is -2.84. The lowest BCUT2D eigenvalue weighted by molar-refractivity contribution is 0.322. The molecule has 3 nitrogen and oxygen atoms in total. The minimum Gasteiger partial charge on any atom is -0.396 e. The van der Waals surface area contributed by atoms with Gasteiger partial charge < -0.3 is 5.11 Å². The van der Waals surface area contributed by atoms with E-state index < -0.39 is 9.84 Å². The summed E-state index contributed by atoms with van der Waals surface area (Å²) in [6, 6.07) is 0. The molecule has 0 heterocycles. The molecule has 1 N–H and O–H groups in total. The zero-order valence-corrected chi connectivity index (χ0v) is 6.83. The van der Waals surface area contributed by atoms with Gasteiger partial charge in [0.25, 0.3) is 0 Å². The van der Waals surface area contributed by atoms with Crippen molar-refractivity contribution in [3.8, 4) is 0 Å². The summed E-state index contributed by atoms with van der Waals surface area (Å²) < 4.78 is 20.8. The van der Waals surface area contributed by atoms with E-state index >= 15 is 0 Å². The van der Waals surface area contributed by atoms with Crippen LogP contribution in [0.5, 0.6) is 0 Å². The summed E-state index contributed by atoms with van der Waals surface area (Å²) >= 11 is 1.22. The van der Waals surface area contributed by atoms with Crippen LogP contribution in [0.25, 0.3) is 0 Å². The quantitative estimate of drug-likeness (QED) is 0.589. The number of rotatable bonds is 4. The highest BCUT2D eigenvalue weighted by atomic mass is 32.3. The second-order valence-electron chi connectivity index (χ2n) is 1.68. The molecule has 9 heavy (non-hydrogen) atoms. The number of hydrogen-bond acceptors (Lipinski definition) is 4. The van der Waals surface area contributed by atoms with Crippen molar-refractivity contribution < 1.29 is 13.5 Å². The predicted molar refractivity (Wildman–Crippen MR) is 39.3 cm³/mol. The lowest BCUT2D eigenvalue weighted by atomic mass is 10.9. The van der Waals surface area contributed by atoms with E-state index in [1.54, 1.807) is 0 Å². The summed E-state index contributed by atoms with van der Waals surface area (Å²) in [4.78, 5) is 0. The van der Waals surface area contributed by atoms with Crippen molar-refractivity contribution in [1.29, 1.82) is 0 Å². The fourth-order valence-corrected chi connectivity index (χ4v) is 2.09. The van der Waals surface area contributed by atoms with Crippen molar-refractivity contribution in [2.24, 2.45) is 0 Å². The molecule has 0 unspecified atom stereocenters. The van der Waals surface area contributed by atoms with Crippen LogP contribution in [-0.2, 0) is 9.84 Å². The van der Waals surface area contributed by atoms with Crippen molar-refractivity contribution in [1.82, 2.24) is 0 Å². The fourth-order valence-electron chi connectivity index (χ4n) is 0.275. The Morgan fingerprint density at radius 3 is 2.44 bits per heavy atom. The summed E-state index contributed by atoms with van der Waals surface area (Å²) in [5, 5.41) is 8.35. The Morgan fingerprint density at radius 2 is 2.11 bits per heavy atom. The smallest absolute Gasteiger partial charge is 0.156 e. The van der Waals surface area contributed by atoms with Gasteiger partial charge in [-0.05, 0) is 0 Å². The highest BCUT2D eigenvalue weighted by Gasteiger charge is 1.99. The number of sulfone groups is 1. The third-order valence-corrected chi connectivity index (χ3v) is 3.38. The van der Waals surface area contributed by atoms with Crippen LogP contribution < -0.4 is 0 Å². The minimum absolute atomic E-state index is 0.0419. The van der Waals surface area contributed by atoms with E-state index in [1.165, 1.54) is 18.0 Å². The lowest BCUT2D eigenvalue weighted by Gasteiger charge is -1.94. The van der Waals surface area contributed by atoms with E-state index in [1.807, 2.05) is 0 Å². The van der Waals surface area contributed by atoms with Gasteiger partial charge in [0.1, 0.15) is 0 Å². The van der Waals surface area contributed by atoms with Crippen molar-refractivity contribution in [2.45, 2.75) is 0 Å². The summed E-state index contributed by atoms with van der Waals surface area (Å²) in [5.41, 5.74) is 0. The fraction of sp³-hybridized carbons (Fsp3) is 1.00. The zero-order chi connectivity index (χ0) is 7.33. The van der Waals surface area contributed by atoms with E-state index in [0.29, 0.717) is 5.75 Å². The summed E-state index contributed by atoms with van der Waals surface area (Å²) in [6.45, 7) is 0.0419. The second kappa shape index (κ2) is 4.14. The predicted octanol–water partition coefficient (Wildman–Crippen LogP) is -0.286. The summed E-state index contributed by atoms with van der Waals surface area (Å²) in [6.07, 6.45) is 1.18. The maximum absolute atomic E-state index is 10.4. The molecule has 56 valence electrons. The molecule has 0 saturated carbocycles. The molecule has 0 aliphatic heterocycles. The Kier molecular flexibility index (Phi) is 4.26. The van der Waals surface area contributed by atoms with Crippen LogP contribution in [0.2, 0.25) is 0 Å². The first kappa shape index (κ1) is 9.26. The second-order valence-corrected chi connectivity index (χ2v) is 5.29. The van der Waals surface area contributed by atoms with Crippen LogP contribution in [0.4, 0.5) is 0 Å². The van der Waals surface area contributed by atoms with Gasteiger partial charge in [-0.3, -0.25) is 0 Å². The van der Waals surface area contributed by atoms with Crippen LogP contribution in [0, 0.1) is 0 Å². The van der Waals surface area contributed by atoms with Gasteiger partial charge in [0, 0.05) is 12.0 Å². The van der Waals surface area contributed by atoms with Gasteiger partial charge in [-0.15, -0.1) is 11.8 Å². The van der Waals surface area contributed by atoms with Crippen molar-refractivity contribution >= 4 is 21.6 Å². The topological polar surface area (TPSA) is 54.4 Å². The van der Waals surface area contributed by atoms with Gasteiger partial charge in [-0.1, -0.05) is 0 Å². The number of aliphatic hydroxyl groups is 1. The third kappa shape index (κ3) is 8.26. The third-order valence-electron chi connectivity index (χ3n) is 0.533. The van der Waals surface area contributed by atoms with Crippen molar-refractivity contribution in [2.75, 3.05) is 23.7 Å². The molecular weight excluding hydrogens is 160 g/mol. The molecule has 0 aromatic rings. The molecule has 0 atom stereocenters. The van der Waals surface area contributed by atoms with Gasteiger partial charge in [0.15, 0.2) is 9.84 Å². The van der Waals surface area contributed by atoms with Gasteiger partial charge in [0.05, 0.1) is 11.7 Å². The highest BCUT2D eigenvalue weighted by molar-refractivity contribution is 8.12. The number of hydrogen-bond donors (Lipinski definition) is 1. The first-order valence-electron chi connectivity index (χ1n) is 2.42. The van der Waals surface area contributed by atoms with E-state index in [4.69, 9.17) is 5.11 Å². The van der Waals surface area contributed by atoms with Gasteiger partial charge in [-0.25, -0.2) is 8.42 Å². The molecule has 0 fully saturated rings. The van der Waals surface area contributed by atoms with Gasteiger partial charge in [-0.2, -0.15) is 0 Å². The van der Waals surface area contributed by atoms with Crippen molar-refractivity contribution in [3.05, 3.63) is 0 Å². The average molecular weight is 170 g/mol. The molecule has 0 aromatic heterocycles. The maximum Gasteiger partial charge on any atom is 0.156 e. The van der Waals surface area contributed by atoms with Crippen LogP contribution in [-0.4, -0.2) is 37.2 Å². The van der Waals surface area contributed by atoms with Crippen LogP contribution in [0.1, 0.15) is 0 Å². The molecular formula is C4H10O3S2. The van der Waals surface area contributed by atoms with Gasteiger partial charge in [0.2, 0.25) is 0 Å². The van der Waals surface area contributed by atoms with E-state index in [0.717, 1.165) is 0 Å². The molecule has 0 saturated heterocycles. The van der Waals surface area contributed by atoms with Crippen LogP contribution in [0.3, 0.4) is 0 Å². The molecule has 0 spiro atoms. The molecule has 0 aliphatic rings. The zero-order valence-electron chi connectivity index (χ0n) is 5.20. The van der Waals surface area contributed by atoms with E-state index in [9.17, 15) is 8.42 Å². The molecule has 0 aliphatic carbocycles. The largest absolute Gasteiger partial charge is 0.396 e. The first-order valence-corrected chi connectivity index (χ1v) is 5.64. The average Bonchev–Trinajstić information content (AvgIpc) is 1.63. The highest BCUT2D eigenvalue weighted by Crippen LogP contribution is 2.01. The Bertz CT molecular complexity index is 149. The van der Waals surface area contributed by atoms with Crippen LogP contribution >= 0.6 is 11.8 Å². The molecule has 0 amide bonds. The normalized spacial score (nSPS) is 11.8. The van der Waals surface area contributed by atoms with E-state index in [-0.39, 0.29) is 11.7 Å². The molecule has 0 bridgehead atoms. The Balaban J connectivity index is 3.30. The van der Waals surface area contributed by atoms with Gasteiger partial charge >= 0.3 is 0 Å². The maximum atomic E-state index is 10.4. The summed E-state index contributed by atoms with van der Waals surface area (Å²) in [5.74, 6) is 0.493. The first-order chi connectivity index (χ1) is 4.06. The Morgan fingerprint density at radius 1 is 1.56 bits per heavy atom. The minimum atomic E-state index is -2.84. The standard InChI is InChI=1S/C4H10O3S2/c1-9(6,7)4-8-3-2-5/h5H,2-4H2,1H3. The SMILES string of the molecule is CS(=O)(=O)CSCCO. The van der Waals surface area contributed by atoms with E-state index in [2.05, 4.69) is 0 Å².